The molecule has 0 spiro atoms. The quantitative estimate of drug-likeness (QED) is 0.308. The normalized spacial score (nSPS) is 15.3. The molecule has 0 heterocycles. The zero-order valence-electron chi connectivity index (χ0n) is 16.3. The summed E-state index contributed by atoms with van der Waals surface area (Å²) in [5, 5.41) is 9.61. The molecule has 2 nitrogen and oxygen atoms in total. The Balaban J connectivity index is 4.23. The molecule has 0 aliphatic heterocycles. The molecule has 0 aliphatic rings. The summed E-state index contributed by atoms with van der Waals surface area (Å²) in [5.74, 6) is 0.457. The third kappa shape index (κ3) is 12.5. The molecule has 0 aromatic rings. The Morgan fingerprint density at radius 2 is 1.43 bits per heavy atom. The van der Waals surface area contributed by atoms with Crippen molar-refractivity contribution in [1.82, 2.24) is 0 Å². The first-order valence-electron chi connectivity index (χ1n) is 10.3. The van der Waals surface area contributed by atoms with Crippen molar-refractivity contribution >= 4 is 5.97 Å². The van der Waals surface area contributed by atoms with Crippen molar-refractivity contribution < 1.29 is 9.90 Å². The van der Waals surface area contributed by atoms with E-state index in [-0.39, 0.29) is 5.92 Å². The summed E-state index contributed by atoms with van der Waals surface area (Å²) in [4.78, 5) is 11.7. The number of carboxylic acids is 1. The van der Waals surface area contributed by atoms with Crippen molar-refractivity contribution in [1.29, 1.82) is 0 Å². The summed E-state index contributed by atoms with van der Waals surface area (Å²) in [6.45, 7) is 8.92. The molecule has 0 rings (SSSR count). The Kier molecular flexibility index (Phi) is 14.7. The standard InChI is InChI=1S/C21H42O2/c1-5-8-10-11-12-14-18(4)16-20(21(22)23)17-19(13-7-3)15-9-6-2/h18-20H,5-17H2,1-4H3,(H,22,23). The van der Waals surface area contributed by atoms with Crippen LogP contribution in [0.4, 0.5) is 0 Å². The fourth-order valence-corrected chi connectivity index (χ4v) is 3.68. The summed E-state index contributed by atoms with van der Waals surface area (Å²) in [6, 6.07) is 0. The third-order valence-corrected chi connectivity index (χ3v) is 5.12. The van der Waals surface area contributed by atoms with Gasteiger partial charge in [0, 0.05) is 0 Å². The fourth-order valence-electron chi connectivity index (χ4n) is 3.68. The highest BCUT2D eigenvalue weighted by Gasteiger charge is 2.24. The summed E-state index contributed by atoms with van der Waals surface area (Å²) >= 11 is 0. The summed E-state index contributed by atoms with van der Waals surface area (Å²) in [6.07, 6.45) is 15.5. The summed E-state index contributed by atoms with van der Waals surface area (Å²) < 4.78 is 0. The van der Waals surface area contributed by atoms with Crippen LogP contribution in [0.2, 0.25) is 0 Å². The van der Waals surface area contributed by atoms with Crippen molar-refractivity contribution in [2.24, 2.45) is 17.8 Å². The number of unbranched alkanes of at least 4 members (excludes halogenated alkanes) is 5. The highest BCUT2D eigenvalue weighted by atomic mass is 16.4. The van der Waals surface area contributed by atoms with Gasteiger partial charge in [0.25, 0.3) is 0 Å². The first kappa shape index (κ1) is 22.5. The van der Waals surface area contributed by atoms with Crippen LogP contribution in [0, 0.1) is 17.8 Å². The molecule has 23 heavy (non-hydrogen) atoms. The molecule has 0 aromatic heterocycles. The van der Waals surface area contributed by atoms with Gasteiger partial charge in [0.1, 0.15) is 0 Å². The van der Waals surface area contributed by atoms with Gasteiger partial charge in [0.2, 0.25) is 0 Å². The van der Waals surface area contributed by atoms with E-state index in [2.05, 4.69) is 27.7 Å². The zero-order valence-corrected chi connectivity index (χ0v) is 16.3. The monoisotopic (exact) mass is 326 g/mol. The second-order valence-electron chi connectivity index (χ2n) is 7.61. The van der Waals surface area contributed by atoms with Crippen LogP contribution in [0.25, 0.3) is 0 Å². The van der Waals surface area contributed by atoms with Crippen LogP contribution in [-0.4, -0.2) is 11.1 Å². The Labute approximate surface area is 145 Å². The average molecular weight is 327 g/mol. The van der Waals surface area contributed by atoms with Gasteiger partial charge < -0.3 is 5.11 Å². The molecule has 138 valence electrons. The van der Waals surface area contributed by atoms with Crippen molar-refractivity contribution in [3.05, 3.63) is 0 Å². The smallest absolute Gasteiger partial charge is 0.306 e. The van der Waals surface area contributed by atoms with E-state index in [1.54, 1.807) is 0 Å². The van der Waals surface area contributed by atoms with E-state index in [4.69, 9.17) is 0 Å². The van der Waals surface area contributed by atoms with Gasteiger partial charge in [-0.05, 0) is 24.7 Å². The van der Waals surface area contributed by atoms with Gasteiger partial charge in [-0.2, -0.15) is 0 Å². The lowest BCUT2D eigenvalue weighted by atomic mass is 9.82. The SMILES string of the molecule is CCCCCCCC(C)CC(CC(CCC)CCCC)C(=O)O. The summed E-state index contributed by atoms with van der Waals surface area (Å²) in [5.41, 5.74) is 0. The van der Waals surface area contributed by atoms with E-state index in [0.29, 0.717) is 11.8 Å². The molecule has 0 aromatic carbocycles. The van der Waals surface area contributed by atoms with Gasteiger partial charge in [-0.15, -0.1) is 0 Å². The number of hydrogen-bond acceptors (Lipinski definition) is 1. The highest BCUT2D eigenvalue weighted by molar-refractivity contribution is 5.69. The number of hydrogen-bond donors (Lipinski definition) is 1. The fraction of sp³-hybridized carbons (Fsp3) is 0.952. The van der Waals surface area contributed by atoms with Gasteiger partial charge in [-0.25, -0.2) is 0 Å². The van der Waals surface area contributed by atoms with E-state index >= 15 is 0 Å². The topological polar surface area (TPSA) is 37.3 Å². The van der Waals surface area contributed by atoms with E-state index in [9.17, 15) is 9.90 Å². The molecule has 0 bridgehead atoms. The first-order chi connectivity index (χ1) is 11.0. The Bertz CT molecular complexity index is 275. The van der Waals surface area contributed by atoms with Crippen molar-refractivity contribution in [3.63, 3.8) is 0 Å². The van der Waals surface area contributed by atoms with Crippen LogP contribution < -0.4 is 0 Å². The molecule has 2 heteroatoms. The van der Waals surface area contributed by atoms with Gasteiger partial charge in [0.05, 0.1) is 5.92 Å². The predicted octanol–water partition coefficient (Wildman–Crippen LogP) is 7.07. The molecule has 0 saturated heterocycles. The maximum absolute atomic E-state index is 11.7. The number of aliphatic carboxylic acids is 1. The summed E-state index contributed by atoms with van der Waals surface area (Å²) in [7, 11) is 0. The number of carbonyl (C=O) groups is 1. The third-order valence-electron chi connectivity index (χ3n) is 5.12. The van der Waals surface area contributed by atoms with Crippen LogP contribution in [-0.2, 0) is 4.79 Å². The van der Waals surface area contributed by atoms with E-state index in [1.165, 1.54) is 70.6 Å². The molecule has 3 unspecified atom stereocenters. The first-order valence-corrected chi connectivity index (χ1v) is 10.3. The predicted molar refractivity (Wildman–Crippen MR) is 101 cm³/mol. The van der Waals surface area contributed by atoms with Gasteiger partial charge in [-0.1, -0.05) is 98.3 Å². The van der Waals surface area contributed by atoms with Crippen LogP contribution in [0.5, 0.6) is 0 Å². The Hall–Kier alpha value is -0.530. The van der Waals surface area contributed by atoms with Crippen LogP contribution >= 0.6 is 0 Å². The van der Waals surface area contributed by atoms with Crippen molar-refractivity contribution in [2.75, 3.05) is 0 Å². The van der Waals surface area contributed by atoms with E-state index in [0.717, 1.165) is 12.8 Å². The lowest BCUT2D eigenvalue weighted by Crippen LogP contribution is -2.20. The minimum absolute atomic E-state index is 0.131. The largest absolute Gasteiger partial charge is 0.481 e. The second-order valence-corrected chi connectivity index (χ2v) is 7.61. The van der Waals surface area contributed by atoms with Gasteiger partial charge in [-0.3, -0.25) is 4.79 Å². The zero-order chi connectivity index (χ0) is 17.5. The molecular formula is C21H42O2. The molecule has 0 amide bonds. The second kappa shape index (κ2) is 15.0. The Morgan fingerprint density at radius 1 is 0.783 bits per heavy atom. The Morgan fingerprint density at radius 3 is 2.00 bits per heavy atom. The molecule has 3 atom stereocenters. The number of carboxylic acid groups (broad SMARTS) is 1. The van der Waals surface area contributed by atoms with Crippen LogP contribution in [0.15, 0.2) is 0 Å². The van der Waals surface area contributed by atoms with Crippen molar-refractivity contribution in [2.45, 2.75) is 111 Å². The van der Waals surface area contributed by atoms with Crippen LogP contribution in [0.1, 0.15) is 111 Å². The number of rotatable bonds is 16. The maximum Gasteiger partial charge on any atom is 0.306 e. The lowest BCUT2D eigenvalue weighted by molar-refractivity contribution is -0.143. The lowest BCUT2D eigenvalue weighted by Gasteiger charge is -2.23. The molecule has 1 N–H and O–H groups in total. The maximum atomic E-state index is 11.7. The molecule has 0 radical (unpaired) electrons. The minimum atomic E-state index is -0.569. The van der Waals surface area contributed by atoms with Gasteiger partial charge >= 0.3 is 5.97 Å². The highest BCUT2D eigenvalue weighted by Crippen LogP contribution is 2.28. The molecule has 0 aliphatic carbocycles. The molecule has 0 saturated carbocycles. The van der Waals surface area contributed by atoms with Gasteiger partial charge in [0.15, 0.2) is 0 Å². The molecule has 0 fully saturated rings. The van der Waals surface area contributed by atoms with Crippen LogP contribution in [0.3, 0.4) is 0 Å². The minimum Gasteiger partial charge on any atom is -0.481 e. The van der Waals surface area contributed by atoms with E-state index in [1.807, 2.05) is 0 Å². The average Bonchev–Trinajstić information content (AvgIpc) is 2.51. The van der Waals surface area contributed by atoms with E-state index < -0.39 is 5.97 Å². The van der Waals surface area contributed by atoms with Crippen molar-refractivity contribution in [3.8, 4) is 0 Å². The molecular weight excluding hydrogens is 284 g/mol.